The van der Waals surface area contributed by atoms with Crippen LogP contribution in [0.2, 0.25) is 0 Å². The second-order valence-corrected chi connectivity index (χ2v) is 3.56. The molecule has 0 aromatic heterocycles. The summed E-state index contributed by atoms with van der Waals surface area (Å²) in [6.07, 6.45) is -5.48. The molecular formula is C11H11F5O. The maximum Gasteiger partial charge on any atom is 0.458 e. The molecule has 0 atom stereocenters. The summed E-state index contributed by atoms with van der Waals surface area (Å²) < 4.78 is 63.0. The first-order valence-corrected chi connectivity index (χ1v) is 4.94. The fourth-order valence-corrected chi connectivity index (χ4v) is 1.47. The molecule has 96 valence electrons. The van der Waals surface area contributed by atoms with Gasteiger partial charge in [0, 0.05) is 12.2 Å². The highest BCUT2D eigenvalue weighted by atomic mass is 19.4. The maximum absolute atomic E-state index is 13.2. The maximum atomic E-state index is 13.2. The molecule has 0 amide bonds. The fourth-order valence-electron chi connectivity index (χ4n) is 1.47. The number of alkyl halides is 5. The summed E-state index contributed by atoms with van der Waals surface area (Å²) in [5.41, 5.74) is -1.13. The van der Waals surface area contributed by atoms with Gasteiger partial charge in [0.15, 0.2) is 0 Å². The normalized spacial score (nSPS) is 12.8. The number of halogens is 5. The third-order valence-electron chi connectivity index (χ3n) is 2.32. The van der Waals surface area contributed by atoms with Crippen molar-refractivity contribution in [1.29, 1.82) is 0 Å². The van der Waals surface area contributed by atoms with Crippen LogP contribution in [0.3, 0.4) is 0 Å². The molecule has 0 aliphatic rings. The number of benzene rings is 1. The molecule has 1 aromatic rings. The molecule has 1 aromatic carbocycles. The van der Waals surface area contributed by atoms with Gasteiger partial charge in [-0.2, -0.15) is 22.0 Å². The molecule has 17 heavy (non-hydrogen) atoms. The Balaban J connectivity index is 3.12. The van der Waals surface area contributed by atoms with Crippen LogP contribution in [0, 0.1) is 0 Å². The van der Waals surface area contributed by atoms with Crippen LogP contribution in [0.15, 0.2) is 24.3 Å². The van der Waals surface area contributed by atoms with Gasteiger partial charge < -0.3 is 5.11 Å². The fraction of sp³-hybridized carbons (Fsp3) is 0.455. The minimum absolute atomic E-state index is 0.0155. The SMILES string of the molecule is OCCCc1ccccc1C(F)(F)C(F)(F)F. The lowest BCUT2D eigenvalue weighted by Gasteiger charge is -2.22. The minimum Gasteiger partial charge on any atom is -0.396 e. The quantitative estimate of drug-likeness (QED) is 0.817. The zero-order valence-corrected chi connectivity index (χ0v) is 8.77. The van der Waals surface area contributed by atoms with E-state index in [1.165, 1.54) is 12.1 Å². The summed E-state index contributed by atoms with van der Waals surface area (Å²) in [5, 5.41) is 8.57. The lowest BCUT2D eigenvalue weighted by atomic mass is 9.98. The van der Waals surface area contributed by atoms with Crippen molar-refractivity contribution in [3.63, 3.8) is 0 Å². The van der Waals surface area contributed by atoms with Crippen LogP contribution in [0.4, 0.5) is 22.0 Å². The van der Waals surface area contributed by atoms with E-state index in [0.29, 0.717) is 0 Å². The van der Waals surface area contributed by atoms with Gasteiger partial charge in [0.25, 0.3) is 0 Å². The van der Waals surface area contributed by atoms with Gasteiger partial charge in [-0.3, -0.25) is 0 Å². The molecular weight excluding hydrogens is 243 g/mol. The number of aliphatic hydroxyl groups excluding tert-OH is 1. The van der Waals surface area contributed by atoms with Crippen LogP contribution >= 0.6 is 0 Å². The van der Waals surface area contributed by atoms with Crippen molar-refractivity contribution in [2.75, 3.05) is 6.61 Å². The molecule has 0 saturated carbocycles. The number of aryl methyl sites for hydroxylation is 1. The zero-order valence-electron chi connectivity index (χ0n) is 8.77. The number of hydrogen-bond acceptors (Lipinski definition) is 1. The Bertz CT molecular complexity index is 372. The van der Waals surface area contributed by atoms with Crippen molar-refractivity contribution >= 4 is 0 Å². The summed E-state index contributed by atoms with van der Waals surface area (Å²) in [7, 11) is 0. The van der Waals surface area contributed by atoms with Gasteiger partial charge in [-0.1, -0.05) is 24.3 Å². The van der Waals surface area contributed by atoms with Crippen LogP contribution in [0.5, 0.6) is 0 Å². The second kappa shape index (κ2) is 5.00. The first-order chi connectivity index (χ1) is 7.80. The second-order valence-electron chi connectivity index (χ2n) is 3.56. The molecule has 0 heterocycles. The lowest BCUT2D eigenvalue weighted by Crippen LogP contribution is -2.34. The Morgan fingerprint density at radius 3 is 2.12 bits per heavy atom. The Morgan fingerprint density at radius 1 is 1.00 bits per heavy atom. The first-order valence-electron chi connectivity index (χ1n) is 4.94. The predicted molar refractivity (Wildman–Crippen MR) is 51.8 cm³/mol. The molecule has 1 nitrogen and oxygen atoms in total. The molecule has 0 bridgehead atoms. The highest BCUT2D eigenvalue weighted by Gasteiger charge is 2.59. The summed E-state index contributed by atoms with van der Waals surface area (Å²) in [6.45, 7) is -0.258. The average molecular weight is 254 g/mol. The summed E-state index contributed by atoms with van der Waals surface area (Å²) in [4.78, 5) is 0. The molecule has 0 unspecified atom stereocenters. The van der Waals surface area contributed by atoms with Crippen LogP contribution < -0.4 is 0 Å². The van der Waals surface area contributed by atoms with Crippen LogP contribution in [0.1, 0.15) is 17.5 Å². The molecule has 1 rings (SSSR count). The molecule has 0 radical (unpaired) electrons. The van der Waals surface area contributed by atoms with Crippen molar-refractivity contribution in [1.82, 2.24) is 0 Å². The Morgan fingerprint density at radius 2 is 1.59 bits per heavy atom. The highest BCUT2D eigenvalue weighted by molar-refractivity contribution is 5.32. The van der Waals surface area contributed by atoms with Crippen LogP contribution in [0.25, 0.3) is 0 Å². The van der Waals surface area contributed by atoms with E-state index in [2.05, 4.69) is 0 Å². The molecule has 6 heteroatoms. The van der Waals surface area contributed by atoms with Crippen molar-refractivity contribution in [3.8, 4) is 0 Å². The number of aliphatic hydroxyl groups is 1. The van der Waals surface area contributed by atoms with E-state index in [-0.39, 0.29) is 25.0 Å². The third-order valence-corrected chi connectivity index (χ3v) is 2.32. The summed E-state index contributed by atoms with van der Waals surface area (Å²) in [6, 6.07) is 4.50. The largest absolute Gasteiger partial charge is 0.458 e. The van der Waals surface area contributed by atoms with E-state index in [1.54, 1.807) is 0 Å². The van der Waals surface area contributed by atoms with Gasteiger partial charge in [-0.15, -0.1) is 0 Å². The first kappa shape index (κ1) is 13.9. The standard InChI is InChI=1S/C11H11F5O/c12-10(13,11(14,15)16)9-6-2-1-4-8(9)5-3-7-17/h1-2,4,6,17H,3,5,7H2. The van der Waals surface area contributed by atoms with Gasteiger partial charge in [-0.05, 0) is 18.4 Å². The smallest absolute Gasteiger partial charge is 0.396 e. The van der Waals surface area contributed by atoms with E-state index in [0.717, 1.165) is 12.1 Å². The Hall–Kier alpha value is -1.17. The minimum atomic E-state index is -5.61. The average Bonchev–Trinajstić information content (AvgIpc) is 2.25. The van der Waals surface area contributed by atoms with Gasteiger partial charge >= 0.3 is 12.1 Å². The van der Waals surface area contributed by atoms with Crippen LogP contribution in [-0.2, 0) is 12.3 Å². The lowest BCUT2D eigenvalue weighted by molar-refractivity contribution is -0.289. The van der Waals surface area contributed by atoms with Gasteiger partial charge in [0.1, 0.15) is 0 Å². The molecule has 1 N–H and O–H groups in total. The number of rotatable bonds is 4. The van der Waals surface area contributed by atoms with E-state index < -0.39 is 17.7 Å². The highest BCUT2D eigenvalue weighted by Crippen LogP contribution is 2.45. The van der Waals surface area contributed by atoms with Crippen molar-refractivity contribution in [3.05, 3.63) is 35.4 Å². The van der Waals surface area contributed by atoms with E-state index in [9.17, 15) is 22.0 Å². The molecule has 0 aliphatic heterocycles. The van der Waals surface area contributed by atoms with Crippen molar-refractivity contribution in [2.24, 2.45) is 0 Å². The predicted octanol–water partition coefficient (Wildman–Crippen LogP) is 3.27. The monoisotopic (exact) mass is 254 g/mol. The molecule has 0 spiro atoms. The third kappa shape index (κ3) is 2.94. The van der Waals surface area contributed by atoms with Crippen LogP contribution in [-0.4, -0.2) is 17.9 Å². The zero-order chi connectivity index (χ0) is 13.1. The van der Waals surface area contributed by atoms with E-state index in [4.69, 9.17) is 5.11 Å². The van der Waals surface area contributed by atoms with Crippen molar-refractivity contribution < 1.29 is 27.1 Å². The Labute approximate surface area is 94.9 Å². The van der Waals surface area contributed by atoms with Crippen molar-refractivity contribution in [2.45, 2.75) is 24.9 Å². The van der Waals surface area contributed by atoms with Gasteiger partial charge in [0.2, 0.25) is 0 Å². The number of hydrogen-bond donors (Lipinski definition) is 1. The van der Waals surface area contributed by atoms with Gasteiger partial charge in [0.05, 0.1) is 0 Å². The molecule has 0 aliphatic carbocycles. The Kier molecular flexibility index (Phi) is 4.08. The summed E-state index contributed by atoms with van der Waals surface area (Å²) in [5.74, 6) is -4.86. The topological polar surface area (TPSA) is 20.2 Å². The molecule has 0 saturated heterocycles. The van der Waals surface area contributed by atoms with Gasteiger partial charge in [-0.25, -0.2) is 0 Å². The van der Waals surface area contributed by atoms with E-state index >= 15 is 0 Å². The summed E-state index contributed by atoms with van der Waals surface area (Å²) >= 11 is 0. The molecule has 0 fully saturated rings. The van der Waals surface area contributed by atoms with E-state index in [1.807, 2.05) is 0 Å².